The zero-order chi connectivity index (χ0) is 17.2. The minimum Gasteiger partial charge on any atom is -0.480 e. The molecular weight excluding hydrogens is 304 g/mol. The molecule has 0 saturated carbocycles. The Kier molecular flexibility index (Phi) is 5.11. The Balaban J connectivity index is 1.59. The Morgan fingerprint density at radius 3 is 2.75 bits per heavy atom. The molecule has 0 aromatic heterocycles. The lowest BCUT2D eigenvalue weighted by molar-refractivity contribution is -0.128. The maximum absolute atomic E-state index is 12.6. The number of carbonyl (C=O) groups is 1. The van der Waals surface area contributed by atoms with Gasteiger partial charge in [0, 0.05) is 25.5 Å². The Hall–Kier alpha value is -1.59. The van der Waals surface area contributed by atoms with E-state index in [1.807, 2.05) is 6.07 Å². The zero-order valence-corrected chi connectivity index (χ0v) is 14.9. The largest absolute Gasteiger partial charge is 0.480 e. The molecule has 1 aromatic carbocycles. The average Bonchev–Trinajstić information content (AvgIpc) is 2.97. The normalized spacial score (nSPS) is 21.9. The maximum atomic E-state index is 12.6. The maximum Gasteiger partial charge on any atom is 0.261 e. The number of nitrogens with one attached hydrogen (secondary N) is 2. The second-order valence-electron chi connectivity index (χ2n) is 7.26. The smallest absolute Gasteiger partial charge is 0.261 e. The highest BCUT2D eigenvalue weighted by Crippen LogP contribution is 2.32. The predicted octanol–water partition coefficient (Wildman–Crippen LogP) is 1.74. The van der Waals surface area contributed by atoms with Gasteiger partial charge in [-0.25, -0.2) is 0 Å². The monoisotopic (exact) mass is 332 g/mol. The van der Waals surface area contributed by atoms with Crippen LogP contribution in [0.4, 0.5) is 0 Å². The lowest BCUT2D eigenvalue weighted by Gasteiger charge is -2.37. The second kappa shape index (κ2) is 7.11. The molecule has 5 heteroatoms. The van der Waals surface area contributed by atoms with Crippen LogP contribution >= 0.6 is 0 Å². The van der Waals surface area contributed by atoms with Crippen molar-refractivity contribution in [3.8, 4) is 5.75 Å². The van der Waals surface area contributed by atoms with Crippen molar-refractivity contribution >= 4 is 5.91 Å². The van der Waals surface area contributed by atoms with Crippen LogP contribution in [-0.2, 0) is 16.0 Å². The van der Waals surface area contributed by atoms with Gasteiger partial charge in [-0.05, 0) is 62.5 Å². The van der Waals surface area contributed by atoms with Crippen molar-refractivity contribution in [2.75, 3.05) is 33.4 Å². The first-order valence-corrected chi connectivity index (χ1v) is 8.77. The van der Waals surface area contributed by atoms with Gasteiger partial charge in [0.05, 0.1) is 6.61 Å². The minimum atomic E-state index is -0.414. The minimum absolute atomic E-state index is 0.0180. The van der Waals surface area contributed by atoms with E-state index in [9.17, 15) is 4.79 Å². The molecule has 1 saturated heterocycles. The molecule has 5 nitrogen and oxygen atoms in total. The fourth-order valence-corrected chi connectivity index (χ4v) is 3.68. The summed E-state index contributed by atoms with van der Waals surface area (Å²) in [6, 6.07) is 4.17. The fraction of sp³-hybridized carbons (Fsp3) is 0.632. The molecule has 0 spiro atoms. The predicted molar refractivity (Wildman–Crippen MR) is 93.5 cm³/mol. The molecule has 3 rings (SSSR count). The van der Waals surface area contributed by atoms with Gasteiger partial charge in [-0.2, -0.15) is 0 Å². The quantitative estimate of drug-likeness (QED) is 0.862. The molecule has 2 aliphatic rings. The van der Waals surface area contributed by atoms with Crippen molar-refractivity contribution in [1.29, 1.82) is 0 Å². The van der Waals surface area contributed by atoms with E-state index in [4.69, 9.17) is 9.47 Å². The summed E-state index contributed by atoms with van der Waals surface area (Å²) < 4.78 is 11.3. The van der Waals surface area contributed by atoms with Crippen molar-refractivity contribution in [3.63, 3.8) is 0 Å². The number of benzene rings is 1. The van der Waals surface area contributed by atoms with Crippen LogP contribution in [0.3, 0.4) is 0 Å². The topological polar surface area (TPSA) is 59.6 Å². The number of carbonyl (C=O) groups excluding carboxylic acids is 1. The third-order valence-electron chi connectivity index (χ3n) is 5.40. The van der Waals surface area contributed by atoms with Crippen molar-refractivity contribution in [2.45, 2.75) is 39.2 Å². The first kappa shape index (κ1) is 17.2. The summed E-state index contributed by atoms with van der Waals surface area (Å²) in [6.45, 7) is 7.44. The number of aryl methyl sites for hydroxylation is 2. The number of piperidine rings is 1. The van der Waals surface area contributed by atoms with Crippen molar-refractivity contribution in [1.82, 2.24) is 10.6 Å². The van der Waals surface area contributed by atoms with Crippen molar-refractivity contribution < 1.29 is 14.3 Å². The number of rotatable bonds is 5. The molecule has 1 amide bonds. The van der Waals surface area contributed by atoms with Crippen LogP contribution in [0, 0.1) is 19.3 Å². The van der Waals surface area contributed by atoms with Gasteiger partial charge in [-0.15, -0.1) is 0 Å². The number of hydrogen-bond donors (Lipinski definition) is 2. The SMILES string of the molecule is COCC1(CNC(=O)C2Cc3cc(C)c(C)cc3O2)CCNCC1. The lowest BCUT2D eigenvalue weighted by atomic mass is 9.79. The van der Waals surface area contributed by atoms with Gasteiger partial charge in [0.2, 0.25) is 0 Å². The molecule has 1 atom stereocenters. The standard InChI is InChI=1S/C19H28N2O3/c1-13-8-15-10-17(24-16(15)9-14(13)2)18(22)21-11-19(12-23-3)4-6-20-7-5-19/h8-9,17,20H,4-7,10-12H2,1-3H3,(H,21,22). The molecule has 0 aliphatic carbocycles. The molecule has 0 radical (unpaired) electrons. The highest BCUT2D eigenvalue weighted by molar-refractivity contribution is 5.82. The van der Waals surface area contributed by atoms with Gasteiger partial charge < -0.3 is 20.1 Å². The Labute approximate surface area is 144 Å². The third kappa shape index (κ3) is 3.57. The first-order valence-electron chi connectivity index (χ1n) is 8.77. The van der Waals surface area contributed by atoms with Crippen LogP contribution in [0.15, 0.2) is 12.1 Å². The summed E-state index contributed by atoms with van der Waals surface area (Å²) in [5.74, 6) is 0.835. The Morgan fingerprint density at radius 2 is 2.04 bits per heavy atom. The highest BCUT2D eigenvalue weighted by Gasteiger charge is 2.35. The van der Waals surface area contributed by atoms with E-state index in [1.54, 1.807) is 7.11 Å². The van der Waals surface area contributed by atoms with E-state index in [-0.39, 0.29) is 11.3 Å². The van der Waals surface area contributed by atoms with E-state index >= 15 is 0 Å². The van der Waals surface area contributed by atoms with Gasteiger partial charge in [-0.3, -0.25) is 4.79 Å². The molecule has 24 heavy (non-hydrogen) atoms. The molecule has 1 fully saturated rings. The number of methoxy groups -OCH3 is 1. The van der Waals surface area contributed by atoms with Gasteiger partial charge >= 0.3 is 0 Å². The van der Waals surface area contributed by atoms with E-state index in [0.717, 1.165) is 37.2 Å². The average molecular weight is 332 g/mol. The molecule has 1 unspecified atom stereocenters. The molecule has 0 bridgehead atoms. The summed E-state index contributed by atoms with van der Waals surface area (Å²) in [6.07, 6.45) is 2.28. The molecule has 132 valence electrons. The molecule has 2 aliphatic heterocycles. The van der Waals surface area contributed by atoms with Gasteiger partial charge in [0.15, 0.2) is 6.10 Å². The number of amides is 1. The fourth-order valence-electron chi connectivity index (χ4n) is 3.68. The van der Waals surface area contributed by atoms with Crippen LogP contribution in [0.5, 0.6) is 5.75 Å². The van der Waals surface area contributed by atoms with E-state index in [0.29, 0.717) is 19.6 Å². The van der Waals surface area contributed by atoms with Crippen LogP contribution < -0.4 is 15.4 Å². The molecular formula is C19H28N2O3. The molecule has 1 aromatic rings. The van der Waals surface area contributed by atoms with Crippen molar-refractivity contribution in [3.05, 3.63) is 28.8 Å². The number of hydrogen-bond acceptors (Lipinski definition) is 4. The summed E-state index contributed by atoms with van der Waals surface area (Å²) in [7, 11) is 1.73. The third-order valence-corrected chi connectivity index (χ3v) is 5.40. The second-order valence-corrected chi connectivity index (χ2v) is 7.26. The first-order chi connectivity index (χ1) is 11.5. The highest BCUT2D eigenvalue weighted by atomic mass is 16.5. The summed E-state index contributed by atoms with van der Waals surface area (Å²) in [5.41, 5.74) is 3.61. The summed E-state index contributed by atoms with van der Waals surface area (Å²) in [4.78, 5) is 12.6. The number of ether oxygens (including phenoxy) is 2. The molecule has 2 N–H and O–H groups in total. The number of fused-ring (bicyclic) bond motifs is 1. The van der Waals surface area contributed by atoms with Crippen LogP contribution in [0.1, 0.15) is 29.5 Å². The van der Waals surface area contributed by atoms with Crippen LogP contribution in [0.25, 0.3) is 0 Å². The van der Waals surface area contributed by atoms with Gasteiger partial charge in [0.1, 0.15) is 5.75 Å². The van der Waals surface area contributed by atoms with Crippen LogP contribution in [0.2, 0.25) is 0 Å². The zero-order valence-electron chi connectivity index (χ0n) is 14.9. The summed E-state index contributed by atoms with van der Waals surface area (Å²) >= 11 is 0. The van der Waals surface area contributed by atoms with Crippen LogP contribution in [-0.4, -0.2) is 45.4 Å². The van der Waals surface area contributed by atoms with Gasteiger partial charge in [0.25, 0.3) is 5.91 Å². The lowest BCUT2D eigenvalue weighted by Crippen LogP contribution is -2.49. The van der Waals surface area contributed by atoms with Crippen molar-refractivity contribution in [2.24, 2.45) is 5.41 Å². The van der Waals surface area contributed by atoms with E-state index in [2.05, 4.69) is 30.5 Å². The van der Waals surface area contributed by atoms with E-state index < -0.39 is 6.10 Å². The molecule has 2 heterocycles. The Morgan fingerprint density at radius 1 is 1.33 bits per heavy atom. The van der Waals surface area contributed by atoms with E-state index in [1.165, 1.54) is 11.1 Å². The van der Waals surface area contributed by atoms with Gasteiger partial charge in [-0.1, -0.05) is 6.07 Å². The summed E-state index contributed by atoms with van der Waals surface area (Å²) in [5, 5.41) is 6.48. The Bertz CT molecular complexity index is 572.